The predicted molar refractivity (Wildman–Crippen MR) is 168 cm³/mol. The molecule has 4 aliphatic carbocycles. The molecule has 1 aliphatic heterocycles. The highest BCUT2D eigenvalue weighted by Crippen LogP contribution is 2.70. The third-order valence-corrected chi connectivity index (χ3v) is 14.9. The van der Waals surface area contributed by atoms with Gasteiger partial charge in [0.25, 0.3) is 0 Å². The third-order valence-electron chi connectivity index (χ3n) is 12.8. The smallest absolute Gasteiger partial charge is 0.410 e. The van der Waals surface area contributed by atoms with E-state index in [0.29, 0.717) is 37.8 Å². The highest BCUT2D eigenvalue weighted by molar-refractivity contribution is 7.90. The van der Waals surface area contributed by atoms with Gasteiger partial charge in [0, 0.05) is 30.6 Å². The second-order valence-corrected chi connectivity index (χ2v) is 18.1. The van der Waals surface area contributed by atoms with E-state index in [1.54, 1.807) is 11.2 Å². The Hall–Kier alpha value is -1.91. The van der Waals surface area contributed by atoms with Gasteiger partial charge in [-0.1, -0.05) is 13.8 Å². The van der Waals surface area contributed by atoms with Gasteiger partial charge in [-0.3, -0.25) is 0 Å². The minimum Gasteiger partial charge on any atom is -0.444 e. The number of rotatable bonds is 4. The van der Waals surface area contributed by atoms with E-state index in [-0.39, 0.29) is 40.4 Å². The molecule has 1 saturated heterocycles. The zero-order valence-corrected chi connectivity index (χ0v) is 28.0. The summed E-state index contributed by atoms with van der Waals surface area (Å²) >= 11 is 0. The van der Waals surface area contributed by atoms with E-state index in [1.165, 1.54) is 6.07 Å². The van der Waals surface area contributed by atoms with Crippen molar-refractivity contribution in [3.05, 3.63) is 34.4 Å². The first-order valence-electron chi connectivity index (χ1n) is 16.9. The van der Waals surface area contributed by atoms with Crippen LogP contribution >= 0.6 is 0 Å². The van der Waals surface area contributed by atoms with Gasteiger partial charge >= 0.3 is 11.7 Å². The van der Waals surface area contributed by atoms with Crippen molar-refractivity contribution in [2.45, 2.75) is 134 Å². The fraction of sp³-hybridized carbons (Fsp3) is 0.824. The second-order valence-electron chi connectivity index (χ2n) is 16.2. The molecule has 44 heavy (non-hydrogen) atoms. The number of fused-ring (bicyclic) bond motifs is 5. The Morgan fingerprint density at radius 1 is 1.00 bits per heavy atom. The van der Waals surface area contributed by atoms with Gasteiger partial charge in [-0.25, -0.2) is 22.7 Å². The van der Waals surface area contributed by atoms with Gasteiger partial charge in [-0.2, -0.15) is 0 Å². The molecule has 10 heteroatoms. The number of sulfonamides is 1. The number of amides is 1. The maximum absolute atomic E-state index is 13.5. The average Bonchev–Trinajstić information content (AvgIpc) is 3.24. The number of nitrogens with zero attached hydrogens (tertiary/aromatic N) is 1. The van der Waals surface area contributed by atoms with E-state index in [0.717, 1.165) is 63.4 Å². The molecule has 2 heterocycles. The number of nitrogens with one attached hydrogen (secondary N) is 1. The molecule has 1 aromatic rings. The van der Waals surface area contributed by atoms with Crippen molar-refractivity contribution < 1.29 is 27.5 Å². The lowest BCUT2D eigenvalue weighted by molar-refractivity contribution is -0.201. The SMILES string of the molecule is CC(C)(C)OC(=O)N1CCC(S(=O)(=O)N[C@H]2CC[C@@]3(C)[C@H](CC[C@@H]4[C@@H]3CC[C@]3(C)[C@@H](c5ccc(=O)oc5)CC[C@]43O)C2)CC1. The van der Waals surface area contributed by atoms with E-state index >= 15 is 0 Å². The maximum atomic E-state index is 13.5. The van der Waals surface area contributed by atoms with Crippen molar-refractivity contribution in [3.8, 4) is 0 Å². The largest absolute Gasteiger partial charge is 0.444 e. The summed E-state index contributed by atoms with van der Waals surface area (Å²) in [6.07, 6.45) is 10.3. The van der Waals surface area contributed by atoms with Crippen molar-refractivity contribution in [1.82, 2.24) is 9.62 Å². The van der Waals surface area contributed by atoms with Crippen LogP contribution in [0, 0.1) is 28.6 Å². The molecule has 2 N–H and O–H groups in total. The molecular weight excluding hydrogens is 580 g/mol. The molecule has 0 bridgehead atoms. The Morgan fingerprint density at radius 3 is 2.39 bits per heavy atom. The van der Waals surface area contributed by atoms with Crippen molar-refractivity contribution >= 4 is 16.1 Å². The summed E-state index contributed by atoms with van der Waals surface area (Å²) in [5.41, 5.74) is -0.834. The number of likely N-dealkylation sites (tertiary alicyclic amines) is 1. The van der Waals surface area contributed by atoms with Crippen LogP contribution in [0.4, 0.5) is 4.79 Å². The van der Waals surface area contributed by atoms with Gasteiger partial charge in [-0.15, -0.1) is 0 Å². The van der Waals surface area contributed by atoms with Crippen molar-refractivity contribution in [2.24, 2.45) is 28.6 Å². The van der Waals surface area contributed by atoms with Gasteiger partial charge in [0.2, 0.25) is 10.0 Å². The minimum absolute atomic E-state index is 0.0703. The Kier molecular flexibility index (Phi) is 8.09. The van der Waals surface area contributed by atoms with Crippen molar-refractivity contribution in [2.75, 3.05) is 13.1 Å². The van der Waals surface area contributed by atoms with E-state index < -0.39 is 26.5 Å². The molecule has 9 nitrogen and oxygen atoms in total. The third kappa shape index (κ3) is 5.44. The van der Waals surface area contributed by atoms with Crippen LogP contribution in [0.3, 0.4) is 0 Å². The van der Waals surface area contributed by atoms with Crippen molar-refractivity contribution in [3.63, 3.8) is 0 Å². The average molecular weight is 633 g/mol. The zero-order chi connectivity index (χ0) is 31.7. The summed E-state index contributed by atoms with van der Waals surface area (Å²) in [6, 6.07) is 3.30. The number of hydrogen-bond donors (Lipinski definition) is 2. The number of carbonyl (C=O) groups is 1. The normalized spacial score (nSPS) is 39.7. The number of aliphatic hydroxyl groups is 1. The molecule has 1 aromatic heterocycles. The Balaban J connectivity index is 1.09. The highest BCUT2D eigenvalue weighted by Gasteiger charge is 2.67. The molecule has 8 atom stereocenters. The molecule has 5 fully saturated rings. The van der Waals surface area contributed by atoms with Gasteiger partial charge < -0.3 is 19.2 Å². The van der Waals surface area contributed by atoms with Crippen LogP contribution in [0.5, 0.6) is 0 Å². The summed E-state index contributed by atoms with van der Waals surface area (Å²) in [4.78, 5) is 25.7. The molecule has 246 valence electrons. The predicted octanol–water partition coefficient (Wildman–Crippen LogP) is 5.57. The Labute approximate surface area is 262 Å². The fourth-order valence-corrected chi connectivity index (χ4v) is 12.1. The van der Waals surface area contributed by atoms with Crippen LogP contribution in [-0.4, -0.2) is 60.1 Å². The lowest BCUT2D eigenvalue weighted by Crippen LogP contribution is -2.62. The summed E-state index contributed by atoms with van der Waals surface area (Å²) in [5.74, 6) is 1.24. The lowest BCUT2D eigenvalue weighted by atomic mass is 9.43. The van der Waals surface area contributed by atoms with E-state index in [9.17, 15) is 23.1 Å². The molecule has 0 radical (unpaired) electrons. The first-order chi connectivity index (χ1) is 20.6. The minimum atomic E-state index is -3.51. The molecule has 0 unspecified atom stereocenters. The van der Waals surface area contributed by atoms with Gasteiger partial charge in [0.15, 0.2) is 0 Å². The summed E-state index contributed by atoms with van der Waals surface area (Å²) in [5, 5.41) is 12.0. The number of ether oxygens (including phenoxy) is 1. The van der Waals surface area contributed by atoms with Crippen LogP contribution in [0.25, 0.3) is 0 Å². The Bertz CT molecular complexity index is 1390. The molecular formula is C34H52N2O7S. The molecule has 0 aromatic carbocycles. The molecule has 0 spiro atoms. The first-order valence-corrected chi connectivity index (χ1v) is 18.4. The molecule has 4 saturated carbocycles. The van der Waals surface area contributed by atoms with Gasteiger partial charge in [-0.05, 0) is 132 Å². The van der Waals surface area contributed by atoms with Crippen LogP contribution < -0.4 is 10.3 Å². The van der Waals surface area contributed by atoms with Gasteiger partial charge in [0.05, 0.1) is 17.1 Å². The first kappa shape index (κ1) is 32.0. The quantitative estimate of drug-likeness (QED) is 0.445. The Morgan fingerprint density at radius 2 is 1.73 bits per heavy atom. The maximum Gasteiger partial charge on any atom is 0.410 e. The van der Waals surface area contributed by atoms with E-state index in [1.807, 2.05) is 26.8 Å². The molecule has 5 aliphatic rings. The van der Waals surface area contributed by atoms with E-state index in [4.69, 9.17) is 9.15 Å². The molecule has 1 amide bonds. The topological polar surface area (TPSA) is 126 Å². The summed E-state index contributed by atoms with van der Waals surface area (Å²) in [6.45, 7) is 10.9. The standard InChI is InChI=1S/C34H52N2O7S/c1-31(2,3)43-30(38)36-18-13-25(14-19-36)44(40,41)35-24-10-15-32(4)23(20-24)7-8-28-27(32)11-16-33(5)26(12-17-34(28,33)39)22-6-9-29(37)42-21-22/h6,9,21,23-28,35,39H,7-8,10-20H2,1-5H3/t23-,24+,26-,27+,28-,32+,33-,34+/m1/s1. The monoisotopic (exact) mass is 632 g/mol. The number of hydrogen-bond acceptors (Lipinski definition) is 7. The zero-order valence-electron chi connectivity index (χ0n) is 27.1. The summed E-state index contributed by atoms with van der Waals surface area (Å²) in [7, 11) is -3.51. The van der Waals surface area contributed by atoms with Gasteiger partial charge in [0.1, 0.15) is 5.60 Å². The second kappa shape index (κ2) is 11.1. The van der Waals surface area contributed by atoms with Crippen LogP contribution in [0.2, 0.25) is 0 Å². The number of piperidine rings is 1. The van der Waals surface area contributed by atoms with Crippen LogP contribution in [0.1, 0.15) is 117 Å². The number of carbonyl (C=O) groups excluding carboxylic acids is 1. The fourth-order valence-electron chi connectivity index (χ4n) is 10.4. The van der Waals surface area contributed by atoms with Crippen LogP contribution in [-0.2, 0) is 14.8 Å². The summed E-state index contributed by atoms with van der Waals surface area (Å²) < 4.78 is 40.8. The van der Waals surface area contributed by atoms with Crippen molar-refractivity contribution in [1.29, 1.82) is 0 Å². The van der Waals surface area contributed by atoms with E-state index in [2.05, 4.69) is 18.6 Å². The van der Waals surface area contributed by atoms with Crippen LogP contribution in [0.15, 0.2) is 27.6 Å². The highest BCUT2D eigenvalue weighted by atomic mass is 32.2. The lowest BCUT2D eigenvalue weighted by Gasteiger charge is -2.63. The molecule has 6 rings (SSSR count).